The molecule has 1 N–H and O–H groups in total. The van der Waals surface area contributed by atoms with Gasteiger partial charge in [0, 0.05) is 17.3 Å². The summed E-state index contributed by atoms with van der Waals surface area (Å²) in [6.45, 7) is 1.32. The van der Waals surface area contributed by atoms with Gasteiger partial charge in [-0.3, -0.25) is 9.52 Å². The fourth-order valence-corrected chi connectivity index (χ4v) is 2.67. The van der Waals surface area contributed by atoms with Crippen LogP contribution < -0.4 is 4.72 Å². The summed E-state index contributed by atoms with van der Waals surface area (Å²) in [6, 6.07) is 7.69. The molecule has 0 bridgehead atoms. The average molecular weight is 383 g/mol. The number of Topliss-reactive ketones (excluding diaryl/α,β-unsaturated/α-hetero) is 1. The Morgan fingerprint density at radius 2 is 1.54 bits per heavy atom. The fourth-order valence-electron chi connectivity index (χ4n) is 2.11. The molecule has 1 atom stereocenters. The molecule has 0 radical (unpaired) electrons. The molecule has 2 aromatic rings. The lowest BCUT2D eigenvalue weighted by molar-refractivity contribution is 0.0318. The van der Waals surface area contributed by atoms with E-state index in [1.807, 2.05) is 0 Å². The molecule has 0 aliphatic rings. The van der Waals surface area contributed by atoms with Crippen molar-refractivity contribution in [2.24, 2.45) is 0 Å². The molecule has 0 fully saturated rings. The first-order valence-electron chi connectivity index (χ1n) is 7.34. The summed E-state index contributed by atoms with van der Waals surface area (Å²) in [7, 11) is -3.45. The van der Waals surface area contributed by atoms with E-state index in [0.29, 0.717) is 6.07 Å². The van der Waals surface area contributed by atoms with Gasteiger partial charge in [-0.15, -0.1) is 0 Å². The maximum absolute atomic E-state index is 13.1. The van der Waals surface area contributed by atoms with Crippen LogP contribution in [-0.4, -0.2) is 32.5 Å². The fraction of sp³-hybridized carbons (Fsp3) is 0.176. The van der Waals surface area contributed by atoms with Crippen molar-refractivity contribution in [3.63, 3.8) is 0 Å². The van der Waals surface area contributed by atoms with Gasteiger partial charge in [-0.05, 0) is 43.3 Å². The normalized spacial score (nSPS) is 12.3. The summed E-state index contributed by atoms with van der Waals surface area (Å²) in [5.41, 5.74) is 0.0913. The zero-order valence-electron chi connectivity index (χ0n) is 13.8. The van der Waals surface area contributed by atoms with Gasteiger partial charge in [0.25, 0.3) is 0 Å². The number of hydrogen-bond acceptors (Lipinski definition) is 5. The third-order valence-corrected chi connectivity index (χ3v) is 3.83. The lowest BCUT2D eigenvalue weighted by Crippen LogP contribution is -2.24. The quantitative estimate of drug-likeness (QED) is 0.612. The second-order valence-electron chi connectivity index (χ2n) is 5.52. The number of esters is 1. The first-order chi connectivity index (χ1) is 12.0. The largest absolute Gasteiger partial charge is 0.451 e. The zero-order valence-corrected chi connectivity index (χ0v) is 14.6. The third-order valence-electron chi connectivity index (χ3n) is 3.22. The van der Waals surface area contributed by atoms with E-state index < -0.39 is 39.5 Å². The highest BCUT2D eigenvalue weighted by atomic mass is 32.2. The monoisotopic (exact) mass is 383 g/mol. The van der Waals surface area contributed by atoms with Crippen LogP contribution in [0.15, 0.2) is 42.5 Å². The van der Waals surface area contributed by atoms with Crippen molar-refractivity contribution in [3.8, 4) is 0 Å². The highest BCUT2D eigenvalue weighted by molar-refractivity contribution is 7.92. The Hall–Kier alpha value is -2.81. The van der Waals surface area contributed by atoms with Crippen molar-refractivity contribution in [1.82, 2.24) is 0 Å². The maximum atomic E-state index is 13.1. The second-order valence-corrected chi connectivity index (χ2v) is 7.27. The number of sulfonamides is 1. The minimum atomic E-state index is -3.45. The highest BCUT2D eigenvalue weighted by Crippen LogP contribution is 2.15. The number of anilines is 1. The van der Waals surface area contributed by atoms with Crippen LogP contribution in [-0.2, 0) is 14.8 Å². The molecule has 0 aliphatic heterocycles. The van der Waals surface area contributed by atoms with Crippen LogP contribution in [0.1, 0.15) is 27.6 Å². The smallest absolute Gasteiger partial charge is 0.339 e. The van der Waals surface area contributed by atoms with Crippen molar-refractivity contribution >= 4 is 27.5 Å². The van der Waals surface area contributed by atoms with Gasteiger partial charge in [0.1, 0.15) is 11.6 Å². The van der Waals surface area contributed by atoms with Crippen LogP contribution in [0, 0.1) is 11.6 Å². The van der Waals surface area contributed by atoms with Gasteiger partial charge in [0.15, 0.2) is 6.10 Å². The first kappa shape index (κ1) is 19.5. The number of hydrogen-bond donors (Lipinski definition) is 1. The van der Waals surface area contributed by atoms with Crippen LogP contribution in [0.25, 0.3) is 0 Å². The Morgan fingerprint density at radius 1 is 1.00 bits per heavy atom. The Labute approximate surface area is 148 Å². The third kappa shape index (κ3) is 5.35. The van der Waals surface area contributed by atoms with Gasteiger partial charge >= 0.3 is 5.97 Å². The van der Waals surface area contributed by atoms with E-state index in [1.165, 1.54) is 31.2 Å². The molecule has 0 amide bonds. The molecule has 9 heteroatoms. The second kappa shape index (κ2) is 7.61. The summed E-state index contributed by atoms with van der Waals surface area (Å²) >= 11 is 0. The molecule has 0 heterocycles. The molecule has 0 aromatic heterocycles. The Balaban J connectivity index is 2.08. The summed E-state index contributed by atoms with van der Waals surface area (Å²) in [5.74, 6) is -3.48. The van der Waals surface area contributed by atoms with E-state index in [0.717, 1.165) is 18.4 Å². The van der Waals surface area contributed by atoms with E-state index in [1.54, 1.807) is 0 Å². The minimum absolute atomic E-state index is 0.176. The minimum Gasteiger partial charge on any atom is -0.451 e. The first-order valence-corrected chi connectivity index (χ1v) is 9.23. The number of nitrogens with one attached hydrogen (secondary N) is 1. The molecule has 6 nitrogen and oxygen atoms in total. The lowest BCUT2D eigenvalue weighted by atomic mass is 10.1. The number of benzene rings is 2. The summed E-state index contributed by atoms with van der Waals surface area (Å²) < 4.78 is 55.8. The number of carbonyl (C=O) groups excluding carboxylic acids is 2. The number of rotatable bonds is 6. The molecule has 0 saturated heterocycles. The Bertz CT molecular complexity index is 922. The summed E-state index contributed by atoms with van der Waals surface area (Å²) in [5, 5.41) is 0. The van der Waals surface area contributed by atoms with E-state index in [4.69, 9.17) is 4.74 Å². The van der Waals surface area contributed by atoms with Gasteiger partial charge in [0.05, 0.1) is 11.8 Å². The number of carbonyl (C=O) groups is 2. The molecular formula is C17H15F2NO5S. The van der Waals surface area contributed by atoms with Gasteiger partial charge < -0.3 is 4.74 Å². The topological polar surface area (TPSA) is 89.5 Å². The highest BCUT2D eigenvalue weighted by Gasteiger charge is 2.21. The molecule has 0 saturated carbocycles. The molecular weight excluding hydrogens is 368 g/mol. The van der Waals surface area contributed by atoms with Crippen molar-refractivity contribution in [1.29, 1.82) is 0 Å². The number of ether oxygens (including phenoxy) is 1. The van der Waals surface area contributed by atoms with Crippen LogP contribution in [0.2, 0.25) is 0 Å². The van der Waals surface area contributed by atoms with Gasteiger partial charge in [-0.2, -0.15) is 0 Å². The van der Waals surface area contributed by atoms with E-state index in [9.17, 15) is 26.8 Å². The lowest BCUT2D eigenvalue weighted by Gasteiger charge is -2.13. The van der Waals surface area contributed by atoms with Gasteiger partial charge in [-0.25, -0.2) is 22.0 Å². The number of ketones is 1. The SMILES string of the molecule is CC(OC(=O)c1cc(F)cc(F)c1)C(=O)c1ccc(NS(C)(=O)=O)cc1. The molecule has 2 aromatic carbocycles. The van der Waals surface area contributed by atoms with Gasteiger partial charge in [-0.1, -0.05) is 0 Å². The Kier molecular flexibility index (Phi) is 5.71. The maximum Gasteiger partial charge on any atom is 0.339 e. The summed E-state index contributed by atoms with van der Waals surface area (Å²) in [6.07, 6.45) is -0.217. The number of halogens is 2. The van der Waals surface area contributed by atoms with E-state index >= 15 is 0 Å². The zero-order chi connectivity index (χ0) is 19.5. The van der Waals surface area contributed by atoms with Crippen molar-refractivity contribution in [3.05, 3.63) is 65.2 Å². The van der Waals surface area contributed by atoms with Crippen LogP contribution >= 0.6 is 0 Å². The average Bonchev–Trinajstić information content (AvgIpc) is 2.52. The van der Waals surface area contributed by atoms with Crippen LogP contribution in [0.5, 0.6) is 0 Å². The van der Waals surface area contributed by atoms with E-state index in [-0.39, 0.29) is 16.8 Å². The van der Waals surface area contributed by atoms with Crippen molar-refractivity contribution < 1.29 is 31.5 Å². The van der Waals surface area contributed by atoms with Gasteiger partial charge in [0.2, 0.25) is 15.8 Å². The predicted molar refractivity (Wildman–Crippen MR) is 90.5 cm³/mol. The molecule has 1 unspecified atom stereocenters. The standard InChI is InChI=1S/C17H15F2NO5S/c1-10(25-17(22)12-7-13(18)9-14(19)8-12)16(21)11-3-5-15(6-4-11)20-26(2,23)24/h3-10,20H,1-2H3. The van der Waals surface area contributed by atoms with Crippen LogP contribution in [0.4, 0.5) is 14.5 Å². The van der Waals surface area contributed by atoms with Crippen LogP contribution in [0.3, 0.4) is 0 Å². The predicted octanol–water partition coefficient (Wildman–Crippen LogP) is 2.76. The molecule has 0 aliphatic carbocycles. The molecule has 0 spiro atoms. The molecule has 138 valence electrons. The summed E-state index contributed by atoms with van der Waals surface area (Å²) in [4.78, 5) is 24.2. The Morgan fingerprint density at radius 3 is 2.04 bits per heavy atom. The van der Waals surface area contributed by atoms with Crippen molar-refractivity contribution in [2.75, 3.05) is 11.0 Å². The van der Waals surface area contributed by atoms with E-state index in [2.05, 4.69) is 4.72 Å². The molecule has 2 rings (SSSR count). The van der Waals surface area contributed by atoms with Crippen molar-refractivity contribution in [2.45, 2.75) is 13.0 Å². The molecule has 26 heavy (non-hydrogen) atoms.